The summed E-state index contributed by atoms with van der Waals surface area (Å²) >= 11 is 0. The molecule has 1 aliphatic rings. The van der Waals surface area contributed by atoms with E-state index >= 15 is 0 Å². The number of rotatable bonds is 4. The van der Waals surface area contributed by atoms with Crippen LogP contribution < -0.4 is 0 Å². The summed E-state index contributed by atoms with van der Waals surface area (Å²) in [6, 6.07) is 9.41. The first-order chi connectivity index (χ1) is 11.8. The topological polar surface area (TPSA) is 59.7 Å². The molecular formula is C18H18N4O2. The molecule has 0 atom stereocenters. The number of hydrogen-bond acceptors (Lipinski definition) is 5. The van der Waals surface area contributed by atoms with E-state index in [-0.39, 0.29) is 5.78 Å². The molecular weight excluding hydrogens is 304 g/mol. The highest BCUT2D eigenvalue weighted by molar-refractivity contribution is 6.07. The van der Waals surface area contributed by atoms with Crippen molar-refractivity contribution in [1.82, 2.24) is 19.3 Å². The Bertz CT molecular complexity index is 854. The number of carbonyl (C=O) groups excluding carboxylic acids is 1. The highest BCUT2D eigenvalue weighted by atomic mass is 16.5. The maximum absolute atomic E-state index is 12.8. The van der Waals surface area contributed by atoms with Crippen LogP contribution in [0.2, 0.25) is 0 Å². The lowest BCUT2D eigenvalue weighted by Crippen LogP contribution is -2.35. The number of carbonyl (C=O) groups is 1. The normalized spacial score (nSPS) is 15.7. The number of morpholine rings is 1. The van der Waals surface area contributed by atoms with Gasteiger partial charge < -0.3 is 4.74 Å². The molecule has 0 unspecified atom stereocenters. The number of aromatic nitrogens is 3. The van der Waals surface area contributed by atoms with E-state index < -0.39 is 0 Å². The minimum Gasteiger partial charge on any atom is -0.379 e. The minimum absolute atomic E-state index is 0.113. The maximum Gasteiger partial charge on any atom is 0.230 e. The van der Waals surface area contributed by atoms with Gasteiger partial charge in [-0.05, 0) is 24.3 Å². The second kappa shape index (κ2) is 6.51. The van der Waals surface area contributed by atoms with E-state index in [0.717, 1.165) is 44.1 Å². The quantitative estimate of drug-likeness (QED) is 0.686. The minimum atomic E-state index is -0.113. The number of ether oxygens (including phenoxy) is 1. The molecule has 1 saturated heterocycles. The summed E-state index contributed by atoms with van der Waals surface area (Å²) in [4.78, 5) is 23.8. The van der Waals surface area contributed by atoms with E-state index in [0.29, 0.717) is 11.4 Å². The van der Waals surface area contributed by atoms with Crippen molar-refractivity contribution in [2.24, 2.45) is 0 Å². The number of ketones is 1. The second-order valence-electron chi connectivity index (χ2n) is 5.80. The molecule has 122 valence electrons. The van der Waals surface area contributed by atoms with Gasteiger partial charge in [0.1, 0.15) is 0 Å². The highest BCUT2D eigenvalue weighted by Crippen LogP contribution is 2.18. The van der Waals surface area contributed by atoms with Gasteiger partial charge >= 0.3 is 0 Å². The summed E-state index contributed by atoms with van der Waals surface area (Å²) in [5.41, 5.74) is 2.44. The van der Waals surface area contributed by atoms with Crippen LogP contribution in [0.25, 0.3) is 5.52 Å². The predicted octanol–water partition coefficient (Wildman–Crippen LogP) is 1.79. The average Bonchev–Trinajstić information content (AvgIpc) is 3.01. The van der Waals surface area contributed by atoms with E-state index in [9.17, 15) is 4.79 Å². The standard InChI is InChI=1S/C18H18N4O2/c23-17(14-4-3-6-19-12-14)18-20-15(13-21-8-10-24-11-9-21)16-5-1-2-7-22(16)18/h1-7,12H,8-11,13H2. The predicted molar refractivity (Wildman–Crippen MR) is 89.0 cm³/mol. The highest BCUT2D eigenvalue weighted by Gasteiger charge is 2.20. The van der Waals surface area contributed by atoms with Crippen LogP contribution in [0, 0.1) is 0 Å². The van der Waals surface area contributed by atoms with Gasteiger partial charge in [-0.2, -0.15) is 0 Å². The van der Waals surface area contributed by atoms with Crippen LogP contribution in [0.5, 0.6) is 0 Å². The van der Waals surface area contributed by atoms with Gasteiger partial charge in [-0.25, -0.2) is 4.98 Å². The van der Waals surface area contributed by atoms with Gasteiger partial charge in [-0.15, -0.1) is 0 Å². The van der Waals surface area contributed by atoms with Gasteiger partial charge in [-0.3, -0.25) is 19.1 Å². The molecule has 3 aromatic rings. The summed E-state index contributed by atoms with van der Waals surface area (Å²) < 4.78 is 7.26. The lowest BCUT2D eigenvalue weighted by atomic mass is 10.2. The SMILES string of the molecule is O=C(c1cccnc1)c1nc(CN2CCOCC2)c2ccccn12. The number of nitrogens with zero attached hydrogens (tertiary/aromatic N) is 4. The van der Waals surface area contributed by atoms with Crippen LogP contribution in [0.1, 0.15) is 21.9 Å². The Morgan fingerprint density at radius 3 is 2.83 bits per heavy atom. The van der Waals surface area contributed by atoms with Gasteiger partial charge in [0.15, 0.2) is 5.82 Å². The smallest absolute Gasteiger partial charge is 0.230 e. The van der Waals surface area contributed by atoms with Crippen molar-refractivity contribution in [1.29, 1.82) is 0 Å². The zero-order valence-corrected chi connectivity index (χ0v) is 13.3. The molecule has 0 spiro atoms. The summed E-state index contributed by atoms with van der Waals surface area (Å²) in [6.45, 7) is 3.98. The molecule has 0 aliphatic carbocycles. The molecule has 0 N–H and O–H groups in total. The van der Waals surface area contributed by atoms with Crippen molar-refractivity contribution >= 4 is 11.3 Å². The molecule has 6 nitrogen and oxygen atoms in total. The van der Waals surface area contributed by atoms with Gasteiger partial charge in [0.2, 0.25) is 5.78 Å². The zero-order chi connectivity index (χ0) is 16.4. The van der Waals surface area contributed by atoms with Gasteiger partial charge in [0.05, 0.1) is 24.4 Å². The number of pyridine rings is 2. The molecule has 1 aliphatic heterocycles. The van der Waals surface area contributed by atoms with Crippen molar-refractivity contribution in [3.05, 3.63) is 66.0 Å². The summed E-state index contributed by atoms with van der Waals surface area (Å²) in [5, 5.41) is 0. The molecule has 0 radical (unpaired) electrons. The van der Waals surface area contributed by atoms with E-state index in [2.05, 4.69) is 14.9 Å². The molecule has 4 rings (SSSR count). The summed E-state index contributed by atoms with van der Waals surface area (Å²) in [5.74, 6) is 0.319. The lowest BCUT2D eigenvalue weighted by molar-refractivity contribution is 0.0338. The first-order valence-corrected chi connectivity index (χ1v) is 8.04. The second-order valence-corrected chi connectivity index (χ2v) is 5.80. The molecule has 4 heterocycles. The molecule has 0 amide bonds. The number of hydrogen-bond donors (Lipinski definition) is 0. The molecule has 6 heteroatoms. The van der Waals surface area contributed by atoms with E-state index in [1.165, 1.54) is 0 Å². The van der Waals surface area contributed by atoms with Crippen molar-refractivity contribution in [3.63, 3.8) is 0 Å². The third kappa shape index (κ3) is 2.81. The molecule has 24 heavy (non-hydrogen) atoms. The van der Waals surface area contributed by atoms with Crippen LogP contribution >= 0.6 is 0 Å². The Hall–Kier alpha value is -2.57. The van der Waals surface area contributed by atoms with Crippen LogP contribution in [0.3, 0.4) is 0 Å². The average molecular weight is 322 g/mol. The molecule has 3 aromatic heterocycles. The Labute approximate surface area is 139 Å². The number of fused-ring (bicyclic) bond motifs is 1. The van der Waals surface area contributed by atoms with E-state index in [4.69, 9.17) is 4.74 Å². The molecule has 1 fully saturated rings. The Morgan fingerprint density at radius 2 is 2.04 bits per heavy atom. The van der Waals surface area contributed by atoms with Gasteiger partial charge in [-0.1, -0.05) is 6.07 Å². The first-order valence-electron chi connectivity index (χ1n) is 8.04. The van der Waals surface area contributed by atoms with Crippen LogP contribution in [-0.4, -0.2) is 51.4 Å². The Balaban J connectivity index is 1.72. The van der Waals surface area contributed by atoms with Crippen LogP contribution in [0.4, 0.5) is 0 Å². The fourth-order valence-corrected chi connectivity index (χ4v) is 2.98. The molecule has 0 saturated carbocycles. The van der Waals surface area contributed by atoms with Crippen molar-refractivity contribution in [2.45, 2.75) is 6.54 Å². The van der Waals surface area contributed by atoms with Gasteiger partial charge in [0, 0.05) is 43.8 Å². The number of imidazole rings is 1. The lowest BCUT2D eigenvalue weighted by Gasteiger charge is -2.25. The van der Waals surface area contributed by atoms with Crippen LogP contribution in [0.15, 0.2) is 48.9 Å². The monoisotopic (exact) mass is 322 g/mol. The van der Waals surface area contributed by atoms with Gasteiger partial charge in [0.25, 0.3) is 0 Å². The van der Waals surface area contributed by atoms with Crippen molar-refractivity contribution in [2.75, 3.05) is 26.3 Å². The summed E-state index contributed by atoms with van der Waals surface area (Å²) in [7, 11) is 0. The van der Waals surface area contributed by atoms with E-state index in [1.54, 1.807) is 24.5 Å². The third-order valence-corrected chi connectivity index (χ3v) is 4.23. The zero-order valence-electron chi connectivity index (χ0n) is 13.3. The fourth-order valence-electron chi connectivity index (χ4n) is 2.98. The largest absolute Gasteiger partial charge is 0.379 e. The van der Waals surface area contributed by atoms with E-state index in [1.807, 2.05) is 28.8 Å². The maximum atomic E-state index is 12.8. The Kier molecular flexibility index (Phi) is 4.06. The third-order valence-electron chi connectivity index (χ3n) is 4.23. The summed E-state index contributed by atoms with van der Waals surface area (Å²) in [6.07, 6.45) is 5.12. The molecule has 0 aromatic carbocycles. The van der Waals surface area contributed by atoms with Crippen molar-refractivity contribution in [3.8, 4) is 0 Å². The Morgan fingerprint density at radius 1 is 1.17 bits per heavy atom. The molecule has 0 bridgehead atoms. The van der Waals surface area contributed by atoms with Crippen LogP contribution in [-0.2, 0) is 11.3 Å². The fraction of sp³-hybridized carbons (Fsp3) is 0.278. The van der Waals surface area contributed by atoms with Crippen molar-refractivity contribution < 1.29 is 9.53 Å². The first kappa shape index (κ1) is 15.0.